The third-order valence-corrected chi connectivity index (χ3v) is 4.58. The number of hydrogen-bond donors (Lipinski definition) is 1. The van der Waals surface area contributed by atoms with Crippen LogP contribution in [0.3, 0.4) is 0 Å². The first-order valence-corrected chi connectivity index (χ1v) is 8.92. The van der Waals surface area contributed by atoms with Gasteiger partial charge in [-0.2, -0.15) is 0 Å². The highest BCUT2D eigenvalue weighted by molar-refractivity contribution is 9.10. The quantitative estimate of drug-likeness (QED) is 0.715. The number of halogens is 2. The number of amides is 1. The van der Waals surface area contributed by atoms with Gasteiger partial charge in [0.25, 0.3) is 5.91 Å². The SMILES string of the molecule is CC(NC(=O)COC(=O)c1cc(Br)ccc1Cl)c1ccc2c(c1)OCO2. The molecule has 2 aromatic rings. The van der Waals surface area contributed by atoms with E-state index >= 15 is 0 Å². The van der Waals surface area contributed by atoms with E-state index in [1.165, 1.54) is 6.07 Å². The first kappa shape index (κ1) is 18.5. The van der Waals surface area contributed by atoms with Crippen LogP contribution in [-0.4, -0.2) is 25.3 Å². The van der Waals surface area contributed by atoms with Crippen LogP contribution in [0.2, 0.25) is 5.02 Å². The molecule has 1 aliphatic heterocycles. The maximum absolute atomic E-state index is 12.1. The van der Waals surface area contributed by atoms with Crippen LogP contribution in [-0.2, 0) is 9.53 Å². The fourth-order valence-corrected chi connectivity index (χ4v) is 2.97. The Morgan fingerprint density at radius 1 is 1.23 bits per heavy atom. The lowest BCUT2D eigenvalue weighted by atomic mass is 10.1. The van der Waals surface area contributed by atoms with Crippen molar-refractivity contribution in [2.45, 2.75) is 13.0 Å². The topological polar surface area (TPSA) is 73.9 Å². The highest BCUT2D eigenvalue weighted by Gasteiger charge is 2.18. The molecule has 0 radical (unpaired) electrons. The molecule has 0 aliphatic carbocycles. The second kappa shape index (κ2) is 7.97. The molecule has 0 spiro atoms. The van der Waals surface area contributed by atoms with Crippen LogP contribution in [0, 0.1) is 0 Å². The van der Waals surface area contributed by atoms with Crippen LogP contribution in [0.25, 0.3) is 0 Å². The van der Waals surface area contributed by atoms with E-state index in [4.69, 9.17) is 25.8 Å². The number of carbonyl (C=O) groups excluding carboxylic acids is 2. The number of rotatable bonds is 5. The van der Waals surface area contributed by atoms with Crippen molar-refractivity contribution >= 4 is 39.4 Å². The summed E-state index contributed by atoms with van der Waals surface area (Å²) in [5, 5.41) is 3.02. The van der Waals surface area contributed by atoms with E-state index in [9.17, 15) is 9.59 Å². The lowest BCUT2D eigenvalue weighted by molar-refractivity contribution is -0.124. The summed E-state index contributed by atoms with van der Waals surface area (Å²) in [6, 6.07) is 9.97. The molecule has 1 unspecified atom stereocenters. The molecule has 1 aliphatic rings. The third-order valence-electron chi connectivity index (χ3n) is 3.76. The van der Waals surface area contributed by atoms with E-state index < -0.39 is 18.5 Å². The van der Waals surface area contributed by atoms with E-state index in [0.717, 1.165) is 5.56 Å². The van der Waals surface area contributed by atoms with Crippen molar-refractivity contribution in [2.75, 3.05) is 13.4 Å². The van der Waals surface area contributed by atoms with Gasteiger partial charge in [0.15, 0.2) is 18.1 Å². The van der Waals surface area contributed by atoms with Crippen molar-refractivity contribution < 1.29 is 23.8 Å². The Balaban J connectivity index is 1.55. The number of nitrogens with one attached hydrogen (secondary N) is 1. The summed E-state index contributed by atoms with van der Waals surface area (Å²) in [5.41, 5.74) is 1.04. The first-order chi connectivity index (χ1) is 12.4. The molecule has 0 saturated carbocycles. The van der Waals surface area contributed by atoms with E-state index in [1.807, 2.05) is 13.0 Å². The first-order valence-electron chi connectivity index (χ1n) is 7.75. The van der Waals surface area contributed by atoms with Gasteiger partial charge in [-0.3, -0.25) is 4.79 Å². The van der Waals surface area contributed by atoms with E-state index in [1.54, 1.807) is 24.3 Å². The van der Waals surface area contributed by atoms with Gasteiger partial charge in [-0.1, -0.05) is 33.6 Å². The number of fused-ring (bicyclic) bond motifs is 1. The molecular weight excluding hydrogens is 426 g/mol. The van der Waals surface area contributed by atoms with Gasteiger partial charge in [0.1, 0.15) is 0 Å². The number of benzene rings is 2. The standard InChI is InChI=1S/C18H15BrClNO5/c1-10(11-2-5-15-16(6-11)26-9-25-15)21-17(22)8-24-18(23)13-7-12(19)3-4-14(13)20/h2-7,10H,8-9H2,1H3,(H,21,22). The second-order valence-electron chi connectivity index (χ2n) is 5.60. The summed E-state index contributed by atoms with van der Waals surface area (Å²) >= 11 is 9.23. The monoisotopic (exact) mass is 439 g/mol. The summed E-state index contributed by atoms with van der Waals surface area (Å²) in [6.45, 7) is 1.60. The van der Waals surface area contributed by atoms with Crippen molar-refractivity contribution in [3.05, 3.63) is 57.0 Å². The van der Waals surface area contributed by atoms with E-state index in [2.05, 4.69) is 21.2 Å². The van der Waals surface area contributed by atoms with Crippen LogP contribution >= 0.6 is 27.5 Å². The Kier molecular flexibility index (Phi) is 5.68. The fraction of sp³-hybridized carbons (Fsp3) is 0.222. The van der Waals surface area contributed by atoms with Gasteiger partial charge in [-0.05, 0) is 42.8 Å². The van der Waals surface area contributed by atoms with Crippen molar-refractivity contribution in [3.63, 3.8) is 0 Å². The molecule has 0 bridgehead atoms. The minimum atomic E-state index is -0.665. The van der Waals surface area contributed by atoms with Gasteiger partial charge in [0, 0.05) is 4.47 Å². The molecule has 136 valence electrons. The van der Waals surface area contributed by atoms with Crippen LogP contribution in [0.1, 0.15) is 28.9 Å². The highest BCUT2D eigenvalue weighted by Crippen LogP contribution is 2.34. The average Bonchev–Trinajstić information content (AvgIpc) is 3.09. The summed E-state index contributed by atoms with van der Waals surface area (Å²) in [6.07, 6.45) is 0. The van der Waals surface area contributed by atoms with Crippen LogP contribution in [0.5, 0.6) is 11.5 Å². The maximum Gasteiger partial charge on any atom is 0.340 e. The smallest absolute Gasteiger partial charge is 0.340 e. The normalized spacial score (nSPS) is 13.2. The molecule has 3 rings (SSSR count). The molecule has 0 aromatic heterocycles. The van der Waals surface area contributed by atoms with Gasteiger partial charge >= 0.3 is 5.97 Å². The molecule has 0 fully saturated rings. The average molecular weight is 441 g/mol. The highest BCUT2D eigenvalue weighted by atomic mass is 79.9. The van der Waals surface area contributed by atoms with E-state index in [-0.39, 0.29) is 23.4 Å². The van der Waals surface area contributed by atoms with Crippen LogP contribution in [0.15, 0.2) is 40.9 Å². The molecule has 8 heteroatoms. The second-order valence-corrected chi connectivity index (χ2v) is 6.93. The number of esters is 1. The van der Waals surface area contributed by atoms with Crippen molar-refractivity contribution in [1.82, 2.24) is 5.32 Å². The molecule has 1 atom stereocenters. The molecular formula is C18H15BrClNO5. The van der Waals surface area contributed by atoms with Crippen LogP contribution in [0.4, 0.5) is 0 Å². The molecule has 6 nitrogen and oxygen atoms in total. The Bertz CT molecular complexity index is 857. The fourth-order valence-electron chi connectivity index (χ4n) is 2.41. The third kappa shape index (κ3) is 4.28. The van der Waals surface area contributed by atoms with Gasteiger partial charge < -0.3 is 19.5 Å². The largest absolute Gasteiger partial charge is 0.454 e. The predicted octanol–water partition coefficient (Wildman–Crippen LogP) is 3.87. The molecule has 26 heavy (non-hydrogen) atoms. The Morgan fingerprint density at radius 3 is 2.81 bits per heavy atom. The minimum absolute atomic E-state index is 0.188. The zero-order valence-corrected chi connectivity index (χ0v) is 16.1. The molecule has 1 amide bonds. The molecule has 0 saturated heterocycles. The van der Waals surface area contributed by atoms with Gasteiger partial charge in [0.05, 0.1) is 16.6 Å². The Hall–Kier alpha value is -2.25. The van der Waals surface area contributed by atoms with Gasteiger partial charge in [-0.25, -0.2) is 4.79 Å². The zero-order chi connectivity index (χ0) is 18.7. The zero-order valence-electron chi connectivity index (χ0n) is 13.8. The number of carbonyl (C=O) groups is 2. The Labute approximate surface area is 163 Å². The molecule has 2 aromatic carbocycles. The summed E-state index contributed by atoms with van der Waals surface area (Å²) in [7, 11) is 0. The summed E-state index contributed by atoms with van der Waals surface area (Å²) in [5.74, 6) is 0.225. The minimum Gasteiger partial charge on any atom is -0.454 e. The number of hydrogen-bond acceptors (Lipinski definition) is 5. The predicted molar refractivity (Wildman–Crippen MR) is 98.6 cm³/mol. The maximum atomic E-state index is 12.1. The van der Waals surface area contributed by atoms with Crippen molar-refractivity contribution in [2.24, 2.45) is 0 Å². The molecule has 1 heterocycles. The van der Waals surface area contributed by atoms with E-state index in [0.29, 0.717) is 16.0 Å². The Morgan fingerprint density at radius 2 is 2.00 bits per heavy atom. The van der Waals surface area contributed by atoms with Crippen molar-refractivity contribution in [3.8, 4) is 11.5 Å². The van der Waals surface area contributed by atoms with Gasteiger partial charge in [-0.15, -0.1) is 0 Å². The van der Waals surface area contributed by atoms with Crippen molar-refractivity contribution in [1.29, 1.82) is 0 Å². The lowest BCUT2D eigenvalue weighted by Gasteiger charge is -2.15. The lowest BCUT2D eigenvalue weighted by Crippen LogP contribution is -2.31. The summed E-state index contributed by atoms with van der Waals surface area (Å²) < 4.78 is 16.3. The summed E-state index contributed by atoms with van der Waals surface area (Å²) in [4.78, 5) is 24.1. The van der Waals surface area contributed by atoms with Crippen LogP contribution < -0.4 is 14.8 Å². The van der Waals surface area contributed by atoms with Gasteiger partial charge in [0.2, 0.25) is 6.79 Å². The molecule has 1 N–H and O–H groups in total. The number of ether oxygens (including phenoxy) is 3.